The summed E-state index contributed by atoms with van der Waals surface area (Å²) in [7, 11) is 1.87. The Bertz CT molecular complexity index is 536. The number of nitrogens with zero attached hydrogens (tertiary/aromatic N) is 1. The van der Waals surface area contributed by atoms with E-state index in [1.54, 1.807) is 19.1 Å². The SMILES string of the molecule is CCC1(C(=O)O)C2=C(C=CC(C)(C(=O)O)C2)N(C)C1C. The minimum atomic E-state index is -1.03. The van der Waals surface area contributed by atoms with Gasteiger partial charge < -0.3 is 15.1 Å². The van der Waals surface area contributed by atoms with Crippen LogP contribution in [-0.4, -0.2) is 40.1 Å². The van der Waals surface area contributed by atoms with Gasteiger partial charge in [0.2, 0.25) is 0 Å². The zero-order valence-electron chi connectivity index (χ0n) is 12.3. The maximum absolute atomic E-state index is 11.9. The Morgan fingerprint density at radius 3 is 2.45 bits per heavy atom. The van der Waals surface area contributed by atoms with Gasteiger partial charge in [-0.2, -0.15) is 0 Å². The van der Waals surface area contributed by atoms with Crippen molar-refractivity contribution in [2.45, 2.75) is 39.7 Å². The van der Waals surface area contributed by atoms with Crippen LogP contribution >= 0.6 is 0 Å². The minimum Gasteiger partial charge on any atom is -0.481 e. The quantitative estimate of drug-likeness (QED) is 0.827. The fourth-order valence-electron chi connectivity index (χ4n) is 3.50. The van der Waals surface area contributed by atoms with Gasteiger partial charge in [0, 0.05) is 18.8 Å². The lowest BCUT2D eigenvalue weighted by atomic mass is 9.67. The van der Waals surface area contributed by atoms with Crippen molar-refractivity contribution in [3.63, 3.8) is 0 Å². The van der Waals surface area contributed by atoms with Gasteiger partial charge in [-0.1, -0.05) is 13.0 Å². The van der Waals surface area contributed by atoms with Crippen LogP contribution in [0.5, 0.6) is 0 Å². The minimum absolute atomic E-state index is 0.184. The number of hydrogen-bond acceptors (Lipinski definition) is 3. The highest BCUT2D eigenvalue weighted by molar-refractivity contribution is 5.84. The average molecular weight is 279 g/mol. The number of carboxylic acid groups (broad SMARTS) is 2. The lowest BCUT2D eigenvalue weighted by Gasteiger charge is -2.35. The first kappa shape index (κ1) is 14.6. The number of carbonyl (C=O) groups is 2. The van der Waals surface area contributed by atoms with Crippen molar-refractivity contribution in [3.05, 3.63) is 23.4 Å². The van der Waals surface area contributed by atoms with Crippen LogP contribution in [0.1, 0.15) is 33.6 Å². The zero-order valence-corrected chi connectivity index (χ0v) is 12.3. The molecule has 1 heterocycles. The number of carboxylic acids is 2. The molecule has 0 saturated heterocycles. The molecule has 110 valence electrons. The molecule has 3 unspecified atom stereocenters. The average Bonchev–Trinajstić information content (AvgIpc) is 2.59. The highest BCUT2D eigenvalue weighted by atomic mass is 16.4. The fraction of sp³-hybridized carbons (Fsp3) is 0.600. The third-order valence-corrected chi connectivity index (χ3v) is 5.10. The molecular weight excluding hydrogens is 258 g/mol. The zero-order chi connectivity index (χ0) is 15.3. The Balaban J connectivity index is 2.58. The Morgan fingerprint density at radius 2 is 2.00 bits per heavy atom. The van der Waals surface area contributed by atoms with Crippen LogP contribution in [0, 0.1) is 10.8 Å². The fourth-order valence-corrected chi connectivity index (χ4v) is 3.50. The second kappa shape index (κ2) is 4.36. The largest absolute Gasteiger partial charge is 0.481 e. The second-order valence-electron chi connectivity index (χ2n) is 6.01. The van der Waals surface area contributed by atoms with E-state index in [4.69, 9.17) is 0 Å². The van der Waals surface area contributed by atoms with Crippen LogP contribution in [0.15, 0.2) is 23.4 Å². The van der Waals surface area contributed by atoms with Crippen LogP contribution in [0.4, 0.5) is 0 Å². The predicted octanol–water partition coefficient (Wildman–Crippen LogP) is 2.11. The molecular formula is C15H21NO4. The third-order valence-electron chi connectivity index (χ3n) is 5.10. The van der Waals surface area contributed by atoms with E-state index in [1.807, 2.05) is 25.8 Å². The summed E-state index contributed by atoms with van der Waals surface area (Å²) in [5.41, 5.74) is -0.416. The normalized spacial score (nSPS) is 36.2. The molecule has 0 bridgehead atoms. The number of aliphatic carboxylic acids is 2. The maximum atomic E-state index is 11.9. The van der Waals surface area contributed by atoms with Gasteiger partial charge in [0.15, 0.2) is 0 Å². The van der Waals surface area contributed by atoms with Gasteiger partial charge in [0.05, 0.1) is 5.41 Å². The molecule has 0 amide bonds. The van der Waals surface area contributed by atoms with Crippen LogP contribution in [0.3, 0.4) is 0 Å². The van der Waals surface area contributed by atoms with Crippen molar-refractivity contribution < 1.29 is 19.8 Å². The highest BCUT2D eigenvalue weighted by Gasteiger charge is 2.56. The summed E-state index contributed by atoms with van der Waals surface area (Å²) in [6.45, 7) is 5.38. The van der Waals surface area contributed by atoms with E-state index in [1.165, 1.54) is 0 Å². The molecule has 0 radical (unpaired) electrons. The van der Waals surface area contributed by atoms with E-state index in [0.29, 0.717) is 6.42 Å². The Labute approximate surface area is 118 Å². The smallest absolute Gasteiger partial charge is 0.315 e. The van der Waals surface area contributed by atoms with Gasteiger partial charge in [-0.15, -0.1) is 0 Å². The van der Waals surface area contributed by atoms with Crippen molar-refractivity contribution >= 4 is 11.9 Å². The number of rotatable bonds is 3. The van der Waals surface area contributed by atoms with Crippen molar-refractivity contribution in [2.75, 3.05) is 7.05 Å². The molecule has 2 aliphatic rings. The molecule has 0 aromatic carbocycles. The number of hydrogen-bond donors (Lipinski definition) is 2. The van der Waals surface area contributed by atoms with E-state index in [-0.39, 0.29) is 12.5 Å². The van der Waals surface area contributed by atoms with Gasteiger partial charge in [0.25, 0.3) is 0 Å². The Morgan fingerprint density at radius 1 is 1.40 bits per heavy atom. The molecule has 3 atom stereocenters. The topological polar surface area (TPSA) is 77.8 Å². The first-order valence-electron chi connectivity index (χ1n) is 6.83. The Kier molecular flexibility index (Phi) is 3.19. The van der Waals surface area contributed by atoms with Gasteiger partial charge >= 0.3 is 11.9 Å². The molecule has 2 N–H and O–H groups in total. The summed E-state index contributed by atoms with van der Waals surface area (Å²) in [5.74, 6) is -1.79. The van der Waals surface area contributed by atoms with Crippen molar-refractivity contribution in [1.82, 2.24) is 4.90 Å². The summed E-state index contributed by atoms with van der Waals surface area (Å²) < 4.78 is 0. The molecule has 5 heteroatoms. The van der Waals surface area contributed by atoms with E-state index >= 15 is 0 Å². The number of allylic oxidation sites excluding steroid dienone is 1. The summed E-state index contributed by atoms with van der Waals surface area (Å²) in [6, 6.07) is -0.184. The molecule has 1 aliphatic heterocycles. The third kappa shape index (κ3) is 1.62. The maximum Gasteiger partial charge on any atom is 0.315 e. The van der Waals surface area contributed by atoms with Crippen molar-refractivity contribution in [3.8, 4) is 0 Å². The molecule has 0 aromatic heterocycles. The highest BCUT2D eigenvalue weighted by Crippen LogP contribution is 2.53. The first-order valence-corrected chi connectivity index (χ1v) is 6.83. The molecule has 0 aromatic rings. The van der Waals surface area contributed by atoms with Crippen LogP contribution in [-0.2, 0) is 9.59 Å². The van der Waals surface area contributed by atoms with Crippen LogP contribution < -0.4 is 0 Å². The number of likely N-dealkylation sites (N-methyl/N-ethyl adjacent to an activating group) is 1. The van der Waals surface area contributed by atoms with Crippen molar-refractivity contribution in [2.24, 2.45) is 10.8 Å². The molecule has 20 heavy (non-hydrogen) atoms. The van der Waals surface area contributed by atoms with E-state index in [2.05, 4.69) is 0 Å². The second-order valence-corrected chi connectivity index (χ2v) is 6.01. The first-order chi connectivity index (χ1) is 9.20. The van der Waals surface area contributed by atoms with Gasteiger partial charge in [0.1, 0.15) is 5.41 Å². The molecule has 0 fully saturated rings. The summed E-state index contributed by atoms with van der Waals surface area (Å²) in [5, 5.41) is 19.2. The van der Waals surface area contributed by atoms with E-state index in [9.17, 15) is 19.8 Å². The van der Waals surface area contributed by atoms with E-state index < -0.39 is 22.8 Å². The summed E-state index contributed by atoms with van der Waals surface area (Å²) in [4.78, 5) is 25.3. The Hall–Kier alpha value is -1.78. The monoisotopic (exact) mass is 279 g/mol. The van der Waals surface area contributed by atoms with Gasteiger partial charge in [-0.05, 0) is 38.3 Å². The van der Waals surface area contributed by atoms with Crippen LogP contribution in [0.25, 0.3) is 0 Å². The lowest BCUT2D eigenvalue weighted by Crippen LogP contribution is -2.44. The molecule has 0 spiro atoms. The standard InChI is InChI=1S/C15H21NO4/c1-5-15(13(19)20)9(2)16(4)11-6-7-14(3,12(17)18)8-10(11)15/h6-7,9H,5,8H2,1-4H3,(H,17,18)(H,19,20). The summed E-state index contributed by atoms with van der Waals surface area (Å²) >= 11 is 0. The van der Waals surface area contributed by atoms with Crippen molar-refractivity contribution in [1.29, 1.82) is 0 Å². The van der Waals surface area contributed by atoms with Gasteiger partial charge in [-0.25, -0.2) is 0 Å². The predicted molar refractivity (Wildman–Crippen MR) is 74.1 cm³/mol. The molecule has 0 saturated carbocycles. The van der Waals surface area contributed by atoms with Crippen LogP contribution in [0.2, 0.25) is 0 Å². The summed E-state index contributed by atoms with van der Waals surface area (Å²) in [6.07, 6.45) is 4.15. The van der Waals surface area contributed by atoms with Gasteiger partial charge in [-0.3, -0.25) is 9.59 Å². The molecule has 1 aliphatic carbocycles. The molecule has 2 rings (SSSR count). The van der Waals surface area contributed by atoms with E-state index in [0.717, 1.165) is 11.3 Å². The lowest BCUT2D eigenvalue weighted by molar-refractivity contribution is -0.150. The molecule has 5 nitrogen and oxygen atoms in total.